The average Bonchev–Trinajstić information content (AvgIpc) is 2.28. The molecule has 0 bridgehead atoms. The first-order chi connectivity index (χ1) is 7.56. The van der Waals surface area contributed by atoms with Crippen LogP contribution in [0.3, 0.4) is 0 Å². The molecule has 0 aromatic heterocycles. The van der Waals surface area contributed by atoms with E-state index in [2.05, 4.69) is 0 Å². The van der Waals surface area contributed by atoms with Gasteiger partial charge in [-0.2, -0.15) is 0 Å². The summed E-state index contributed by atoms with van der Waals surface area (Å²) in [5.74, 6) is 0.0663. The molecule has 0 aliphatic carbocycles. The summed E-state index contributed by atoms with van der Waals surface area (Å²) >= 11 is 0. The number of carbonyl (C=O) groups excluding carboxylic acids is 1. The van der Waals surface area contributed by atoms with Crippen molar-refractivity contribution in [3.8, 4) is 0 Å². The predicted molar refractivity (Wildman–Crippen MR) is 66.5 cm³/mol. The Balaban J connectivity index is 2.76. The number of carbonyl (C=O) groups is 1. The first kappa shape index (κ1) is 12.7. The van der Waals surface area contributed by atoms with Crippen LogP contribution in [0, 0.1) is 13.8 Å². The maximum atomic E-state index is 12.0. The van der Waals surface area contributed by atoms with E-state index >= 15 is 0 Å². The van der Waals surface area contributed by atoms with Gasteiger partial charge in [-0.25, -0.2) is 0 Å². The second-order valence-electron chi connectivity index (χ2n) is 4.17. The third-order valence-electron chi connectivity index (χ3n) is 2.80. The fraction of sp³-hybridized carbons (Fsp3) is 0.462. The molecule has 0 fully saturated rings. The number of aryl methyl sites for hydroxylation is 2. The number of amides is 1. The average molecular weight is 220 g/mol. The monoisotopic (exact) mass is 220 g/mol. The summed E-state index contributed by atoms with van der Waals surface area (Å²) in [5.41, 5.74) is 8.53. The van der Waals surface area contributed by atoms with Crippen LogP contribution in [-0.2, 0) is 0 Å². The molecule has 0 aliphatic rings. The van der Waals surface area contributed by atoms with E-state index in [1.807, 2.05) is 39.1 Å². The standard InChI is InChI=1S/C13H20N2O/c1-10-5-6-12(9-11(10)2)13(16)15(3)8-4-7-14/h5-6,9H,4,7-8,14H2,1-3H3. The minimum Gasteiger partial charge on any atom is -0.342 e. The van der Waals surface area contributed by atoms with Crippen molar-refractivity contribution in [2.75, 3.05) is 20.1 Å². The Morgan fingerprint density at radius 1 is 1.31 bits per heavy atom. The lowest BCUT2D eigenvalue weighted by Crippen LogP contribution is -2.29. The van der Waals surface area contributed by atoms with Crippen molar-refractivity contribution in [2.45, 2.75) is 20.3 Å². The summed E-state index contributed by atoms with van der Waals surface area (Å²) in [6, 6.07) is 5.81. The highest BCUT2D eigenvalue weighted by atomic mass is 16.2. The van der Waals surface area contributed by atoms with Crippen LogP contribution in [0.15, 0.2) is 18.2 Å². The summed E-state index contributed by atoms with van der Waals surface area (Å²) in [6.07, 6.45) is 0.840. The SMILES string of the molecule is Cc1ccc(C(=O)N(C)CCCN)cc1C. The Kier molecular flexibility index (Phi) is 4.50. The van der Waals surface area contributed by atoms with Gasteiger partial charge in [0.1, 0.15) is 0 Å². The minimum atomic E-state index is 0.0663. The summed E-state index contributed by atoms with van der Waals surface area (Å²) in [4.78, 5) is 13.7. The lowest BCUT2D eigenvalue weighted by molar-refractivity contribution is 0.0794. The maximum Gasteiger partial charge on any atom is 0.253 e. The topological polar surface area (TPSA) is 46.3 Å². The lowest BCUT2D eigenvalue weighted by Gasteiger charge is -2.17. The molecule has 2 N–H and O–H groups in total. The molecular formula is C13H20N2O. The van der Waals surface area contributed by atoms with E-state index in [9.17, 15) is 4.79 Å². The van der Waals surface area contributed by atoms with Gasteiger partial charge in [0.15, 0.2) is 0 Å². The highest BCUT2D eigenvalue weighted by molar-refractivity contribution is 5.94. The predicted octanol–water partition coefficient (Wildman–Crippen LogP) is 1.72. The zero-order valence-electron chi connectivity index (χ0n) is 10.3. The van der Waals surface area contributed by atoms with Crippen molar-refractivity contribution in [3.63, 3.8) is 0 Å². The van der Waals surface area contributed by atoms with Crippen molar-refractivity contribution in [3.05, 3.63) is 34.9 Å². The van der Waals surface area contributed by atoms with Crippen LogP contribution in [0.1, 0.15) is 27.9 Å². The molecular weight excluding hydrogens is 200 g/mol. The zero-order valence-corrected chi connectivity index (χ0v) is 10.3. The Bertz CT molecular complexity index is 374. The van der Waals surface area contributed by atoms with E-state index in [1.165, 1.54) is 5.56 Å². The van der Waals surface area contributed by atoms with E-state index in [0.29, 0.717) is 13.1 Å². The number of hydrogen-bond donors (Lipinski definition) is 1. The first-order valence-corrected chi connectivity index (χ1v) is 5.59. The molecule has 1 aromatic carbocycles. The number of nitrogens with zero attached hydrogens (tertiary/aromatic N) is 1. The van der Waals surface area contributed by atoms with Gasteiger partial charge in [0.25, 0.3) is 5.91 Å². The largest absolute Gasteiger partial charge is 0.342 e. The molecule has 0 heterocycles. The van der Waals surface area contributed by atoms with Crippen LogP contribution in [0.4, 0.5) is 0 Å². The van der Waals surface area contributed by atoms with Gasteiger partial charge in [-0.15, -0.1) is 0 Å². The molecule has 0 atom stereocenters. The second kappa shape index (κ2) is 5.66. The molecule has 88 valence electrons. The molecule has 0 radical (unpaired) electrons. The fourth-order valence-corrected chi connectivity index (χ4v) is 1.52. The van der Waals surface area contributed by atoms with Gasteiger partial charge in [0, 0.05) is 19.2 Å². The van der Waals surface area contributed by atoms with Gasteiger partial charge in [-0.1, -0.05) is 6.07 Å². The molecule has 1 rings (SSSR count). The lowest BCUT2D eigenvalue weighted by atomic mass is 10.1. The number of benzene rings is 1. The van der Waals surface area contributed by atoms with Gasteiger partial charge in [-0.05, 0) is 50.1 Å². The summed E-state index contributed by atoms with van der Waals surface area (Å²) in [7, 11) is 1.81. The highest BCUT2D eigenvalue weighted by Crippen LogP contribution is 2.11. The molecule has 0 spiro atoms. The summed E-state index contributed by atoms with van der Waals surface area (Å²) in [5, 5.41) is 0. The van der Waals surface area contributed by atoms with Crippen LogP contribution in [-0.4, -0.2) is 30.9 Å². The number of nitrogens with two attached hydrogens (primary N) is 1. The second-order valence-corrected chi connectivity index (χ2v) is 4.17. The van der Waals surface area contributed by atoms with Crippen molar-refractivity contribution >= 4 is 5.91 Å². The zero-order chi connectivity index (χ0) is 12.1. The smallest absolute Gasteiger partial charge is 0.253 e. The number of hydrogen-bond acceptors (Lipinski definition) is 2. The maximum absolute atomic E-state index is 12.0. The molecule has 0 saturated carbocycles. The van der Waals surface area contributed by atoms with Crippen molar-refractivity contribution in [1.29, 1.82) is 0 Å². The molecule has 0 saturated heterocycles. The van der Waals surface area contributed by atoms with Gasteiger partial charge < -0.3 is 10.6 Å². The Morgan fingerprint density at radius 2 is 2.00 bits per heavy atom. The third kappa shape index (κ3) is 3.07. The fourth-order valence-electron chi connectivity index (χ4n) is 1.52. The van der Waals surface area contributed by atoms with E-state index in [4.69, 9.17) is 5.73 Å². The summed E-state index contributed by atoms with van der Waals surface area (Å²) in [6.45, 7) is 5.39. The normalized spacial score (nSPS) is 10.2. The van der Waals surface area contributed by atoms with Crippen LogP contribution >= 0.6 is 0 Å². The van der Waals surface area contributed by atoms with Crippen LogP contribution in [0.5, 0.6) is 0 Å². The Hall–Kier alpha value is -1.35. The minimum absolute atomic E-state index is 0.0663. The van der Waals surface area contributed by atoms with E-state index in [1.54, 1.807) is 4.90 Å². The molecule has 0 aliphatic heterocycles. The summed E-state index contributed by atoms with van der Waals surface area (Å²) < 4.78 is 0. The van der Waals surface area contributed by atoms with Gasteiger partial charge in [0.05, 0.1) is 0 Å². The first-order valence-electron chi connectivity index (χ1n) is 5.59. The quantitative estimate of drug-likeness (QED) is 0.840. The van der Waals surface area contributed by atoms with Crippen molar-refractivity contribution in [2.24, 2.45) is 5.73 Å². The van der Waals surface area contributed by atoms with Crippen LogP contribution in [0.2, 0.25) is 0 Å². The number of rotatable bonds is 4. The van der Waals surface area contributed by atoms with Gasteiger partial charge in [0.2, 0.25) is 0 Å². The molecule has 1 amide bonds. The highest BCUT2D eigenvalue weighted by Gasteiger charge is 2.11. The van der Waals surface area contributed by atoms with E-state index < -0.39 is 0 Å². The molecule has 3 heteroatoms. The Labute approximate surface area is 97.2 Å². The van der Waals surface area contributed by atoms with Crippen molar-refractivity contribution < 1.29 is 4.79 Å². The van der Waals surface area contributed by atoms with E-state index in [-0.39, 0.29) is 5.91 Å². The molecule has 3 nitrogen and oxygen atoms in total. The molecule has 16 heavy (non-hydrogen) atoms. The van der Waals surface area contributed by atoms with Crippen molar-refractivity contribution in [1.82, 2.24) is 4.90 Å². The van der Waals surface area contributed by atoms with Gasteiger partial charge >= 0.3 is 0 Å². The van der Waals surface area contributed by atoms with Crippen LogP contribution in [0.25, 0.3) is 0 Å². The van der Waals surface area contributed by atoms with E-state index in [0.717, 1.165) is 17.5 Å². The Morgan fingerprint density at radius 3 is 2.56 bits per heavy atom. The molecule has 0 unspecified atom stereocenters. The van der Waals surface area contributed by atoms with Gasteiger partial charge in [-0.3, -0.25) is 4.79 Å². The third-order valence-corrected chi connectivity index (χ3v) is 2.80. The molecule has 1 aromatic rings. The van der Waals surface area contributed by atoms with Crippen LogP contribution < -0.4 is 5.73 Å².